The van der Waals surface area contributed by atoms with Crippen LogP contribution in [0, 0.1) is 0 Å². The van der Waals surface area contributed by atoms with Gasteiger partial charge in [-0.05, 0) is 56.0 Å². The summed E-state index contributed by atoms with van der Waals surface area (Å²) in [6, 6.07) is 12.4. The van der Waals surface area contributed by atoms with Gasteiger partial charge in [-0.15, -0.1) is 0 Å². The summed E-state index contributed by atoms with van der Waals surface area (Å²) in [4.78, 5) is 27.8. The molecule has 3 aromatic rings. The Morgan fingerprint density at radius 2 is 1.97 bits per heavy atom. The first-order chi connectivity index (χ1) is 13.7. The molecule has 0 saturated carbocycles. The van der Waals surface area contributed by atoms with Gasteiger partial charge in [-0.3, -0.25) is 4.79 Å². The summed E-state index contributed by atoms with van der Waals surface area (Å²) in [7, 11) is 3.60. The maximum atomic E-state index is 12.9. The molecule has 5 heteroatoms. The molecular formula is C24H25NO4. The van der Waals surface area contributed by atoms with Crippen molar-refractivity contribution in [1.29, 1.82) is 0 Å². The SMILES string of the molecule is COc1cccc(C(=O)c2cc3cc4c(cc3oc2=O)N(C)C(C)(C)C[C@H]4C)c1. The minimum atomic E-state index is -0.629. The molecular weight excluding hydrogens is 366 g/mol. The lowest BCUT2D eigenvalue weighted by molar-refractivity contribution is 0.103. The molecule has 0 N–H and O–H groups in total. The Morgan fingerprint density at radius 3 is 2.69 bits per heavy atom. The molecule has 2 heterocycles. The average Bonchev–Trinajstić information content (AvgIpc) is 2.70. The maximum absolute atomic E-state index is 12.9. The number of hydrogen-bond donors (Lipinski definition) is 0. The van der Waals surface area contributed by atoms with Crippen LogP contribution < -0.4 is 15.3 Å². The van der Waals surface area contributed by atoms with Crippen molar-refractivity contribution < 1.29 is 13.9 Å². The van der Waals surface area contributed by atoms with Gasteiger partial charge in [0, 0.05) is 35.3 Å². The monoisotopic (exact) mass is 391 g/mol. The lowest BCUT2D eigenvalue weighted by Crippen LogP contribution is -2.45. The fourth-order valence-electron chi connectivity index (χ4n) is 4.26. The van der Waals surface area contributed by atoms with E-state index < -0.39 is 5.63 Å². The molecule has 5 nitrogen and oxygen atoms in total. The van der Waals surface area contributed by atoms with Gasteiger partial charge in [0.05, 0.1) is 7.11 Å². The minimum absolute atomic E-state index is 0.0165. The summed E-state index contributed by atoms with van der Waals surface area (Å²) in [6.45, 7) is 6.63. The van der Waals surface area contributed by atoms with E-state index in [2.05, 4.69) is 32.7 Å². The fraction of sp³-hybridized carbons (Fsp3) is 0.333. The van der Waals surface area contributed by atoms with Crippen LogP contribution in [-0.4, -0.2) is 25.5 Å². The first-order valence-electron chi connectivity index (χ1n) is 9.75. The summed E-state index contributed by atoms with van der Waals surface area (Å²) in [6.07, 6.45) is 1.02. The zero-order valence-electron chi connectivity index (χ0n) is 17.4. The van der Waals surface area contributed by atoms with Crippen LogP contribution in [0.15, 0.2) is 51.7 Å². The van der Waals surface area contributed by atoms with Gasteiger partial charge in [0.25, 0.3) is 0 Å². The number of carbonyl (C=O) groups excluding carboxylic acids is 1. The first-order valence-corrected chi connectivity index (χ1v) is 9.75. The number of ether oxygens (including phenoxy) is 1. The van der Waals surface area contributed by atoms with Gasteiger partial charge >= 0.3 is 5.63 Å². The van der Waals surface area contributed by atoms with Crippen molar-refractivity contribution >= 4 is 22.4 Å². The summed E-state index contributed by atoms with van der Waals surface area (Å²) in [5, 5.41) is 0.759. The predicted octanol–water partition coefficient (Wildman–Crippen LogP) is 4.75. The molecule has 0 spiro atoms. The Kier molecular flexibility index (Phi) is 4.49. The number of fused-ring (bicyclic) bond motifs is 2. The molecule has 0 bridgehead atoms. The van der Waals surface area contributed by atoms with Gasteiger partial charge in [0.15, 0.2) is 0 Å². The zero-order valence-corrected chi connectivity index (χ0v) is 17.4. The van der Waals surface area contributed by atoms with Gasteiger partial charge in [-0.2, -0.15) is 0 Å². The van der Waals surface area contributed by atoms with Crippen molar-refractivity contribution in [3.63, 3.8) is 0 Å². The van der Waals surface area contributed by atoms with Crippen molar-refractivity contribution in [2.24, 2.45) is 0 Å². The second-order valence-electron chi connectivity index (χ2n) is 8.43. The number of nitrogens with zero attached hydrogens (tertiary/aromatic N) is 1. The van der Waals surface area contributed by atoms with Crippen molar-refractivity contribution in [2.75, 3.05) is 19.1 Å². The van der Waals surface area contributed by atoms with E-state index in [0.717, 1.165) is 17.5 Å². The molecule has 2 aromatic carbocycles. The number of carbonyl (C=O) groups is 1. The summed E-state index contributed by atoms with van der Waals surface area (Å²) in [5.41, 5.74) is 2.57. The molecule has 1 aliphatic rings. The average molecular weight is 391 g/mol. The number of rotatable bonds is 3. The van der Waals surface area contributed by atoms with Crippen LogP contribution in [0.25, 0.3) is 11.0 Å². The van der Waals surface area contributed by atoms with E-state index in [0.29, 0.717) is 22.8 Å². The van der Waals surface area contributed by atoms with E-state index in [9.17, 15) is 9.59 Å². The second-order valence-corrected chi connectivity index (χ2v) is 8.43. The number of hydrogen-bond acceptors (Lipinski definition) is 5. The molecule has 1 aliphatic heterocycles. The van der Waals surface area contributed by atoms with Crippen LogP contribution in [0.4, 0.5) is 5.69 Å². The normalized spacial score (nSPS) is 17.8. The molecule has 29 heavy (non-hydrogen) atoms. The second kappa shape index (κ2) is 6.76. The zero-order chi connectivity index (χ0) is 20.9. The topological polar surface area (TPSA) is 59.8 Å². The number of benzene rings is 2. The molecule has 1 atom stereocenters. The van der Waals surface area contributed by atoms with Crippen LogP contribution in [0.3, 0.4) is 0 Å². The third kappa shape index (κ3) is 3.20. The number of anilines is 1. The summed E-state index contributed by atoms with van der Waals surface area (Å²) in [5.74, 6) is 0.559. The smallest absolute Gasteiger partial charge is 0.347 e. The summed E-state index contributed by atoms with van der Waals surface area (Å²) >= 11 is 0. The fourth-order valence-corrected chi connectivity index (χ4v) is 4.26. The van der Waals surface area contributed by atoms with Gasteiger partial charge < -0.3 is 14.1 Å². The van der Waals surface area contributed by atoms with Crippen molar-refractivity contribution in [1.82, 2.24) is 0 Å². The highest BCUT2D eigenvalue weighted by Gasteiger charge is 2.34. The Labute approximate surface area is 169 Å². The highest BCUT2D eigenvalue weighted by Crippen LogP contribution is 2.43. The third-order valence-corrected chi connectivity index (χ3v) is 6.06. The summed E-state index contributed by atoms with van der Waals surface area (Å²) < 4.78 is 10.8. The van der Waals surface area contributed by atoms with Crippen molar-refractivity contribution in [3.8, 4) is 5.75 Å². The Balaban J connectivity index is 1.85. The van der Waals surface area contributed by atoms with Crippen molar-refractivity contribution in [3.05, 3.63) is 69.6 Å². The third-order valence-electron chi connectivity index (χ3n) is 6.06. The largest absolute Gasteiger partial charge is 0.497 e. The van der Waals surface area contributed by atoms with Gasteiger partial charge in [-0.25, -0.2) is 4.79 Å². The van der Waals surface area contributed by atoms with E-state index in [4.69, 9.17) is 9.15 Å². The molecule has 4 rings (SSSR count). The lowest BCUT2D eigenvalue weighted by Gasteiger charge is -2.45. The Bertz CT molecular complexity index is 1180. The van der Waals surface area contributed by atoms with Crippen LogP contribution in [0.1, 0.15) is 54.6 Å². The van der Waals surface area contributed by atoms with Gasteiger partial charge in [0.1, 0.15) is 16.9 Å². The van der Waals surface area contributed by atoms with E-state index in [1.165, 1.54) is 12.7 Å². The molecule has 0 fully saturated rings. The highest BCUT2D eigenvalue weighted by atomic mass is 16.5. The molecule has 150 valence electrons. The molecule has 1 aromatic heterocycles. The molecule has 0 aliphatic carbocycles. The van der Waals surface area contributed by atoms with Crippen molar-refractivity contribution in [2.45, 2.75) is 38.6 Å². The van der Waals surface area contributed by atoms with E-state index >= 15 is 0 Å². The Hall–Kier alpha value is -3.08. The van der Waals surface area contributed by atoms with E-state index in [-0.39, 0.29) is 16.9 Å². The highest BCUT2D eigenvalue weighted by molar-refractivity contribution is 6.10. The molecule has 0 unspecified atom stereocenters. The maximum Gasteiger partial charge on any atom is 0.347 e. The lowest BCUT2D eigenvalue weighted by atomic mass is 9.80. The van der Waals surface area contributed by atoms with Crippen LogP contribution >= 0.6 is 0 Å². The number of methoxy groups -OCH3 is 1. The Morgan fingerprint density at radius 1 is 1.21 bits per heavy atom. The predicted molar refractivity (Wildman–Crippen MR) is 114 cm³/mol. The van der Waals surface area contributed by atoms with Crippen LogP contribution in [-0.2, 0) is 0 Å². The van der Waals surface area contributed by atoms with Gasteiger partial charge in [-0.1, -0.05) is 19.1 Å². The quantitative estimate of drug-likeness (QED) is 0.476. The standard InChI is InChI=1S/C24H25NO4/c1-14-13-24(2,3)25(4)20-12-21-16(10-18(14)20)11-19(23(27)29-21)22(26)15-7-6-8-17(9-15)28-5/h6-12,14H,13H2,1-5H3/t14-/m1/s1. The number of ketones is 1. The van der Waals surface area contributed by atoms with E-state index in [1.54, 1.807) is 30.3 Å². The minimum Gasteiger partial charge on any atom is -0.497 e. The van der Waals surface area contributed by atoms with Crippen LogP contribution in [0.5, 0.6) is 5.75 Å². The molecule has 0 amide bonds. The van der Waals surface area contributed by atoms with E-state index in [1.807, 2.05) is 12.1 Å². The van der Waals surface area contributed by atoms with Crippen LogP contribution in [0.2, 0.25) is 0 Å². The van der Waals surface area contributed by atoms with Gasteiger partial charge in [0.2, 0.25) is 5.78 Å². The molecule has 0 saturated heterocycles. The first kappa shape index (κ1) is 19.2. The molecule has 0 radical (unpaired) electrons.